The number of nitrogens with two attached hydrogens (primary N) is 1. The maximum absolute atomic E-state index is 5.39. The largest absolute Gasteiger partial charge is 0.324 e. The Bertz CT molecular complexity index is 303. The van der Waals surface area contributed by atoms with Crippen LogP contribution in [0.3, 0.4) is 0 Å². The second-order valence-corrected chi connectivity index (χ2v) is 3.26. The van der Waals surface area contributed by atoms with E-state index in [0.29, 0.717) is 0 Å². The van der Waals surface area contributed by atoms with Gasteiger partial charge in [-0.2, -0.15) is 0 Å². The van der Waals surface area contributed by atoms with Crippen LogP contribution < -0.4 is 11.3 Å². The van der Waals surface area contributed by atoms with Crippen LogP contribution in [0.4, 0.5) is 5.69 Å². The van der Waals surface area contributed by atoms with Crippen molar-refractivity contribution in [3.05, 3.63) is 28.3 Å². The highest BCUT2D eigenvalue weighted by Gasteiger charge is 2.04. The molecule has 0 bridgehead atoms. The van der Waals surface area contributed by atoms with E-state index in [9.17, 15) is 0 Å². The van der Waals surface area contributed by atoms with Crippen molar-refractivity contribution in [2.24, 2.45) is 5.84 Å². The zero-order valence-electron chi connectivity index (χ0n) is 8.15. The maximum Gasteiger partial charge on any atom is 0.0519 e. The van der Waals surface area contributed by atoms with E-state index in [1.165, 1.54) is 22.3 Å². The van der Waals surface area contributed by atoms with Crippen LogP contribution in [0.15, 0.2) is 6.07 Å². The number of rotatable bonds is 1. The lowest BCUT2D eigenvalue weighted by Gasteiger charge is -2.13. The van der Waals surface area contributed by atoms with Crippen molar-refractivity contribution in [2.75, 3.05) is 5.43 Å². The lowest BCUT2D eigenvalue weighted by atomic mass is 9.98. The van der Waals surface area contributed by atoms with Crippen LogP contribution in [0.5, 0.6) is 0 Å². The molecule has 0 spiro atoms. The molecule has 2 heteroatoms. The molecule has 1 aromatic rings. The fourth-order valence-electron chi connectivity index (χ4n) is 1.36. The van der Waals surface area contributed by atoms with E-state index in [1.807, 2.05) is 0 Å². The van der Waals surface area contributed by atoms with Gasteiger partial charge in [-0.05, 0) is 56.0 Å². The molecule has 0 saturated heterocycles. The first-order valence-electron chi connectivity index (χ1n) is 4.12. The molecule has 3 N–H and O–H groups in total. The third kappa shape index (κ3) is 1.30. The van der Waals surface area contributed by atoms with Crippen molar-refractivity contribution >= 4 is 5.69 Å². The second kappa shape index (κ2) is 3.15. The van der Waals surface area contributed by atoms with Crippen LogP contribution in [0.2, 0.25) is 0 Å². The molecule has 0 unspecified atom stereocenters. The Labute approximate surface area is 73.8 Å². The predicted octanol–water partition coefficient (Wildman–Crippen LogP) is 2.21. The Morgan fingerprint density at radius 3 is 2.08 bits per heavy atom. The molecule has 0 aliphatic carbocycles. The summed E-state index contributed by atoms with van der Waals surface area (Å²) in [6, 6.07) is 2.08. The molecule has 0 aliphatic heterocycles. The number of nitrogen functional groups attached to an aromatic ring is 1. The van der Waals surface area contributed by atoms with Crippen LogP contribution in [-0.2, 0) is 0 Å². The monoisotopic (exact) mass is 164 g/mol. The van der Waals surface area contributed by atoms with Crippen molar-refractivity contribution < 1.29 is 0 Å². The van der Waals surface area contributed by atoms with Crippen LogP contribution >= 0.6 is 0 Å². The average Bonchev–Trinajstić information content (AvgIpc) is 2.08. The van der Waals surface area contributed by atoms with E-state index >= 15 is 0 Å². The summed E-state index contributed by atoms with van der Waals surface area (Å²) in [6.07, 6.45) is 0. The summed E-state index contributed by atoms with van der Waals surface area (Å²) in [6.45, 7) is 8.44. The number of anilines is 1. The summed E-state index contributed by atoms with van der Waals surface area (Å²) < 4.78 is 0. The molecule has 0 radical (unpaired) electrons. The Morgan fingerprint density at radius 1 is 1.00 bits per heavy atom. The minimum absolute atomic E-state index is 1.02. The van der Waals surface area contributed by atoms with E-state index in [0.717, 1.165) is 5.69 Å². The topological polar surface area (TPSA) is 38.0 Å². The fraction of sp³-hybridized carbons (Fsp3) is 0.400. The Kier molecular flexibility index (Phi) is 2.38. The van der Waals surface area contributed by atoms with Crippen molar-refractivity contribution in [3.63, 3.8) is 0 Å². The van der Waals surface area contributed by atoms with Crippen LogP contribution in [0.1, 0.15) is 22.3 Å². The van der Waals surface area contributed by atoms with E-state index in [4.69, 9.17) is 5.84 Å². The van der Waals surface area contributed by atoms with Gasteiger partial charge in [-0.3, -0.25) is 5.84 Å². The number of nitrogens with one attached hydrogen (secondary N) is 1. The van der Waals surface area contributed by atoms with Crippen molar-refractivity contribution in [1.29, 1.82) is 0 Å². The number of hydrazine groups is 1. The van der Waals surface area contributed by atoms with Gasteiger partial charge in [-0.25, -0.2) is 0 Å². The summed E-state index contributed by atoms with van der Waals surface area (Å²) in [5.41, 5.74) is 8.92. The normalized spacial score (nSPS) is 10.1. The minimum atomic E-state index is 1.02. The predicted molar refractivity (Wildman–Crippen MR) is 53.2 cm³/mol. The number of hydrogen-bond donors (Lipinski definition) is 2. The highest BCUT2D eigenvalue weighted by molar-refractivity contribution is 5.58. The summed E-state index contributed by atoms with van der Waals surface area (Å²) in [5, 5.41) is 0. The number of aryl methyl sites for hydroxylation is 1. The smallest absolute Gasteiger partial charge is 0.0519 e. The lowest BCUT2D eigenvalue weighted by molar-refractivity contribution is 1.19. The van der Waals surface area contributed by atoms with Gasteiger partial charge in [0.15, 0.2) is 0 Å². The van der Waals surface area contributed by atoms with E-state index in [-0.39, 0.29) is 0 Å². The van der Waals surface area contributed by atoms with Gasteiger partial charge in [0.05, 0.1) is 5.69 Å². The van der Waals surface area contributed by atoms with Gasteiger partial charge >= 0.3 is 0 Å². The second-order valence-electron chi connectivity index (χ2n) is 3.26. The first-order valence-corrected chi connectivity index (χ1v) is 4.12. The molecule has 0 heterocycles. The summed E-state index contributed by atoms with van der Waals surface area (Å²) in [7, 11) is 0. The molecule has 0 fully saturated rings. The van der Waals surface area contributed by atoms with Crippen LogP contribution in [0, 0.1) is 27.7 Å². The molecule has 1 aromatic carbocycles. The van der Waals surface area contributed by atoms with Gasteiger partial charge in [0.2, 0.25) is 0 Å². The zero-order chi connectivity index (χ0) is 9.30. The van der Waals surface area contributed by atoms with Gasteiger partial charge in [0, 0.05) is 0 Å². The molecule has 2 nitrogen and oxygen atoms in total. The molecule has 0 atom stereocenters. The van der Waals surface area contributed by atoms with Gasteiger partial charge in [0.1, 0.15) is 0 Å². The maximum atomic E-state index is 5.39. The van der Waals surface area contributed by atoms with Gasteiger partial charge < -0.3 is 5.43 Å². The molecule has 0 aromatic heterocycles. The van der Waals surface area contributed by atoms with Crippen LogP contribution in [-0.4, -0.2) is 0 Å². The van der Waals surface area contributed by atoms with E-state index < -0.39 is 0 Å². The molecule has 0 amide bonds. The first kappa shape index (κ1) is 9.07. The standard InChI is InChI=1S/C10H16N2/c1-6-5-10(12-11)9(4)8(3)7(6)2/h5,12H,11H2,1-4H3. The van der Waals surface area contributed by atoms with Gasteiger partial charge in [-0.15, -0.1) is 0 Å². The highest BCUT2D eigenvalue weighted by Crippen LogP contribution is 2.23. The lowest BCUT2D eigenvalue weighted by Crippen LogP contribution is -2.09. The average molecular weight is 164 g/mol. The van der Waals surface area contributed by atoms with Crippen molar-refractivity contribution in [2.45, 2.75) is 27.7 Å². The van der Waals surface area contributed by atoms with Gasteiger partial charge in [0.25, 0.3) is 0 Å². The zero-order valence-corrected chi connectivity index (χ0v) is 8.15. The van der Waals surface area contributed by atoms with Crippen molar-refractivity contribution in [1.82, 2.24) is 0 Å². The first-order chi connectivity index (χ1) is 5.57. The molecule has 0 saturated carbocycles. The Balaban J connectivity index is 3.39. The molecule has 1 rings (SSSR count). The summed E-state index contributed by atoms with van der Waals surface area (Å²) >= 11 is 0. The Hall–Kier alpha value is -1.02. The highest BCUT2D eigenvalue weighted by atomic mass is 15.2. The third-order valence-corrected chi connectivity index (χ3v) is 2.64. The summed E-state index contributed by atoms with van der Waals surface area (Å²) in [4.78, 5) is 0. The van der Waals surface area contributed by atoms with Gasteiger partial charge in [-0.1, -0.05) is 0 Å². The third-order valence-electron chi connectivity index (χ3n) is 2.64. The van der Waals surface area contributed by atoms with Crippen LogP contribution in [0.25, 0.3) is 0 Å². The fourth-order valence-corrected chi connectivity index (χ4v) is 1.36. The Morgan fingerprint density at radius 2 is 1.58 bits per heavy atom. The number of hydrogen-bond acceptors (Lipinski definition) is 2. The molecule has 0 aliphatic rings. The summed E-state index contributed by atoms with van der Waals surface area (Å²) in [5.74, 6) is 5.39. The molecule has 66 valence electrons. The van der Waals surface area contributed by atoms with E-state index in [1.54, 1.807) is 0 Å². The minimum Gasteiger partial charge on any atom is -0.324 e. The molecular formula is C10H16N2. The van der Waals surface area contributed by atoms with E-state index in [2.05, 4.69) is 39.2 Å². The SMILES string of the molecule is Cc1cc(NN)c(C)c(C)c1C. The quantitative estimate of drug-likeness (QED) is 0.493. The van der Waals surface area contributed by atoms with Crippen molar-refractivity contribution in [3.8, 4) is 0 Å². The number of benzene rings is 1. The molecular weight excluding hydrogens is 148 g/mol. The molecule has 12 heavy (non-hydrogen) atoms.